The smallest absolute Gasteiger partial charge is 0.330 e. The van der Waals surface area contributed by atoms with Crippen molar-refractivity contribution in [2.75, 3.05) is 13.2 Å². The van der Waals surface area contributed by atoms with Crippen LogP contribution in [0.15, 0.2) is 76.0 Å². The Hall–Kier alpha value is -5.28. The molecule has 3 aromatic carbocycles. The maximum Gasteiger partial charge on any atom is 0.330 e. The second-order valence-corrected chi connectivity index (χ2v) is 12.4. The van der Waals surface area contributed by atoms with Crippen LogP contribution in [0.3, 0.4) is 0 Å². The fourth-order valence-corrected chi connectivity index (χ4v) is 5.90. The molecule has 18 heteroatoms. The summed E-state index contributed by atoms with van der Waals surface area (Å²) in [4.78, 5) is 26.3. The van der Waals surface area contributed by atoms with E-state index < -0.39 is 126 Å². The van der Waals surface area contributed by atoms with Gasteiger partial charge in [-0.25, -0.2) is 4.79 Å². The van der Waals surface area contributed by atoms with Crippen molar-refractivity contribution in [2.24, 2.45) is 0 Å². The summed E-state index contributed by atoms with van der Waals surface area (Å²) < 4.78 is 34.0. The van der Waals surface area contributed by atoms with Crippen molar-refractivity contribution in [2.45, 2.75) is 61.4 Å². The second kappa shape index (κ2) is 16.0. The van der Waals surface area contributed by atoms with E-state index in [9.17, 15) is 60.7 Å². The summed E-state index contributed by atoms with van der Waals surface area (Å²) in [5.41, 5.74) is -0.830. The molecule has 2 fully saturated rings. The molecule has 10 N–H and O–H groups in total. The number of aliphatic hydroxyl groups is 6. The van der Waals surface area contributed by atoms with Crippen LogP contribution >= 0.6 is 0 Å². The van der Waals surface area contributed by atoms with Crippen molar-refractivity contribution < 1.29 is 84.0 Å². The van der Waals surface area contributed by atoms with Gasteiger partial charge in [0.05, 0.1) is 6.61 Å². The van der Waals surface area contributed by atoms with E-state index in [0.29, 0.717) is 5.56 Å². The van der Waals surface area contributed by atoms with Gasteiger partial charge in [-0.3, -0.25) is 4.79 Å². The number of ether oxygens (including phenoxy) is 5. The van der Waals surface area contributed by atoms with Crippen molar-refractivity contribution in [3.63, 3.8) is 0 Å². The molecule has 3 heterocycles. The average molecular weight is 757 g/mol. The molecule has 4 aromatic rings. The first-order valence-corrected chi connectivity index (χ1v) is 16.4. The number of aromatic hydroxyl groups is 4. The van der Waals surface area contributed by atoms with Gasteiger partial charge in [-0.05, 0) is 29.8 Å². The van der Waals surface area contributed by atoms with Gasteiger partial charge in [0.15, 0.2) is 29.7 Å². The van der Waals surface area contributed by atoms with Crippen LogP contribution in [0.4, 0.5) is 0 Å². The van der Waals surface area contributed by atoms with Gasteiger partial charge in [-0.2, -0.15) is 0 Å². The molecular weight excluding hydrogens is 720 g/mol. The molecular formula is C36H36O18. The predicted molar refractivity (Wildman–Crippen MR) is 181 cm³/mol. The van der Waals surface area contributed by atoms with Crippen molar-refractivity contribution in [1.29, 1.82) is 0 Å². The summed E-state index contributed by atoms with van der Waals surface area (Å²) >= 11 is 0. The molecule has 0 saturated carbocycles. The number of phenols is 4. The summed E-state index contributed by atoms with van der Waals surface area (Å²) in [7, 11) is 0. The summed E-state index contributed by atoms with van der Waals surface area (Å²) in [6.07, 6.45) is -16.1. The summed E-state index contributed by atoms with van der Waals surface area (Å²) in [5.74, 6) is -4.49. The van der Waals surface area contributed by atoms with E-state index in [1.807, 2.05) is 0 Å². The maximum absolute atomic E-state index is 13.9. The molecule has 6 rings (SSSR count). The van der Waals surface area contributed by atoms with Gasteiger partial charge in [0.2, 0.25) is 17.5 Å². The molecule has 0 bridgehead atoms. The Kier molecular flexibility index (Phi) is 11.4. The average Bonchev–Trinajstić information content (AvgIpc) is 3.15. The Morgan fingerprint density at radius 3 is 2.17 bits per heavy atom. The zero-order chi connectivity index (χ0) is 38.8. The molecule has 288 valence electrons. The summed E-state index contributed by atoms with van der Waals surface area (Å²) in [5, 5.41) is 104. The number of carbonyl (C=O) groups is 1. The molecule has 0 amide bonds. The van der Waals surface area contributed by atoms with E-state index >= 15 is 0 Å². The van der Waals surface area contributed by atoms with Gasteiger partial charge < -0.3 is 79.2 Å². The van der Waals surface area contributed by atoms with Crippen LogP contribution in [0.2, 0.25) is 0 Å². The first-order valence-electron chi connectivity index (χ1n) is 16.4. The molecule has 0 spiro atoms. The van der Waals surface area contributed by atoms with Crippen LogP contribution in [0.1, 0.15) is 5.56 Å². The lowest BCUT2D eigenvalue weighted by Crippen LogP contribution is -2.65. The van der Waals surface area contributed by atoms with E-state index in [1.54, 1.807) is 30.3 Å². The summed E-state index contributed by atoms with van der Waals surface area (Å²) in [6, 6.07) is 13.9. The normalized spacial score (nSPS) is 28.6. The highest BCUT2D eigenvalue weighted by Crippen LogP contribution is 2.40. The SMILES string of the molecule is O=C(C=Cc1ccccc1)OCC1OC(OC2C(Oc3c(-c4ccc(O)c(O)c4)oc4cc(O)cc(O)c4c3=O)OC(CO)C(O)C2O)C(O)C(O)C1O. The molecule has 2 saturated heterocycles. The number of hydrogen-bond donors (Lipinski definition) is 10. The minimum absolute atomic E-state index is 0.0890. The van der Waals surface area contributed by atoms with E-state index in [4.69, 9.17) is 28.1 Å². The third kappa shape index (κ3) is 7.82. The Morgan fingerprint density at radius 2 is 1.46 bits per heavy atom. The van der Waals surface area contributed by atoms with E-state index in [2.05, 4.69) is 0 Å². The van der Waals surface area contributed by atoms with Crippen molar-refractivity contribution in [3.8, 4) is 40.1 Å². The van der Waals surface area contributed by atoms with E-state index in [1.165, 1.54) is 12.1 Å². The first kappa shape index (κ1) is 38.4. The lowest BCUT2D eigenvalue weighted by molar-refractivity contribution is -0.358. The Morgan fingerprint density at radius 1 is 0.759 bits per heavy atom. The van der Waals surface area contributed by atoms with Crippen molar-refractivity contribution >= 4 is 23.0 Å². The van der Waals surface area contributed by atoms with Crippen LogP contribution in [0.25, 0.3) is 28.4 Å². The number of aliphatic hydroxyl groups excluding tert-OH is 6. The zero-order valence-corrected chi connectivity index (χ0v) is 27.9. The topological polar surface area (TPSA) is 296 Å². The summed E-state index contributed by atoms with van der Waals surface area (Å²) in [6.45, 7) is -1.54. The number of fused-ring (bicyclic) bond motifs is 1. The van der Waals surface area contributed by atoms with Gasteiger partial charge in [-0.1, -0.05) is 30.3 Å². The van der Waals surface area contributed by atoms with Gasteiger partial charge in [0, 0.05) is 23.8 Å². The third-order valence-electron chi connectivity index (χ3n) is 8.77. The van der Waals surface area contributed by atoms with Crippen LogP contribution in [0.5, 0.6) is 28.7 Å². The molecule has 0 aliphatic carbocycles. The van der Waals surface area contributed by atoms with Gasteiger partial charge >= 0.3 is 5.97 Å². The van der Waals surface area contributed by atoms with E-state index in [0.717, 1.165) is 30.3 Å². The van der Waals surface area contributed by atoms with Gasteiger partial charge in [-0.15, -0.1) is 0 Å². The first-order chi connectivity index (χ1) is 25.8. The lowest BCUT2D eigenvalue weighted by atomic mass is 9.97. The van der Waals surface area contributed by atoms with Crippen LogP contribution in [-0.4, -0.2) is 132 Å². The number of phenolic OH excluding ortho intramolecular Hbond substituents is 4. The Balaban J connectivity index is 1.31. The fraction of sp³-hybridized carbons (Fsp3) is 0.333. The number of benzene rings is 3. The minimum Gasteiger partial charge on any atom is -0.508 e. The highest BCUT2D eigenvalue weighted by Gasteiger charge is 2.52. The molecule has 0 radical (unpaired) electrons. The highest BCUT2D eigenvalue weighted by atomic mass is 16.8. The highest BCUT2D eigenvalue weighted by molar-refractivity contribution is 5.88. The monoisotopic (exact) mass is 756 g/mol. The van der Waals surface area contributed by atoms with E-state index in [-0.39, 0.29) is 11.1 Å². The van der Waals surface area contributed by atoms with Crippen molar-refractivity contribution in [1.82, 2.24) is 0 Å². The number of carbonyl (C=O) groups excluding carboxylic acids is 1. The molecule has 10 unspecified atom stereocenters. The number of hydrogen-bond acceptors (Lipinski definition) is 18. The maximum atomic E-state index is 13.9. The zero-order valence-electron chi connectivity index (χ0n) is 27.9. The largest absolute Gasteiger partial charge is 0.508 e. The lowest BCUT2D eigenvalue weighted by Gasteiger charge is -2.45. The minimum atomic E-state index is -2.03. The standard InChI is InChI=1S/C36H36O18/c37-13-22-26(43)30(47)34(54-35-31(48)29(46)27(44)23(52-35)14-49-24(42)9-6-15-4-2-1-3-5-15)36(51-22)53-33-28(45)25-20(41)11-17(38)12-21(25)50-32(33)16-7-8-18(39)19(40)10-16/h1-12,22-23,26-27,29-31,34-41,43-44,46-48H,13-14H2. The van der Waals surface area contributed by atoms with Crippen LogP contribution in [-0.2, 0) is 23.7 Å². The predicted octanol–water partition coefficient (Wildman–Crippen LogP) is -0.450. The van der Waals surface area contributed by atoms with Crippen molar-refractivity contribution in [3.05, 3.63) is 82.5 Å². The Labute approximate surface area is 304 Å². The van der Waals surface area contributed by atoms with Crippen LogP contribution < -0.4 is 10.2 Å². The number of rotatable bonds is 10. The van der Waals surface area contributed by atoms with Gasteiger partial charge in [0.25, 0.3) is 0 Å². The number of esters is 1. The van der Waals surface area contributed by atoms with Gasteiger partial charge in [0.1, 0.15) is 71.8 Å². The second-order valence-electron chi connectivity index (χ2n) is 12.4. The fourth-order valence-electron chi connectivity index (χ4n) is 5.90. The van der Waals surface area contributed by atoms with Crippen LogP contribution in [0, 0.1) is 0 Å². The Bertz CT molecular complexity index is 2050. The molecule has 18 nitrogen and oxygen atoms in total. The third-order valence-corrected chi connectivity index (χ3v) is 8.77. The molecule has 54 heavy (non-hydrogen) atoms. The quantitative estimate of drug-likeness (QED) is 0.0557. The molecule has 1 aromatic heterocycles. The molecule has 2 aliphatic rings. The molecule has 10 atom stereocenters. The molecule has 2 aliphatic heterocycles.